The second-order valence-electron chi connectivity index (χ2n) is 3.14. The number of esters is 1. The first-order chi connectivity index (χ1) is 7.06. The molecule has 0 spiro atoms. The normalized spacial score (nSPS) is 12.2. The van der Waals surface area contributed by atoms with Gasteiger partial charge in [-0.2, -0.15) is 0 Å². The molecule has 1 atom stereocenters. The fourth-order valence-corrected chi connectivity index (χ4v) is 1.67. The van der Waals surface area contributed by atoms with Crippen LogP contribution in [-0.2, 0) is 16.1 Å². The van der Waals surface area contributed by atoms with E-state index in [0.29, 0.717) is 5.56 Å². The molecular formula is C10H12BrNO3. The summed E-state index contributed by atoms with van der Waals surface area (Å²) < 4.78 is 6.03. The number of halogens is 1. The first kappa shape index (κ1) is 12.0. The summed E-state index contributed by atoms with van der Waals surface area (Å²) in [5.74, 6) is -0.386. The van der Waals surface area contributed by atoms with E-state index in [1.165, 1.54) is 11.7 Å². The lowest BCUT2D eigenvalue weighted by Gasteiger charge is -2.10. The van der Waals surface area contributed by atoms with E-state index in [1.54, 1.807) is 25.3 Å². The molecule has 15 heavy (non-hydrogen) atoms. The fraction of sp³-hybridized carbons (Fsp3) is 0.400. The molecule has 1 rings (SSSR count). The highest BCUT2D eigenvalue weighted by Crippen LogP contribution is 2.04. The minimum Gasteiger partial charge on any atom is -0.468 e. The summed E-state index contributed by atoms with van der Waals surface area (Å²) in [5.41, 5.74) is 0.563. The molecule has 1 unspecified atom stereocenters. The van der Waals surface area contributed by atoms with Crippen LogP contribution in [-0.4, -0.2) is 22.5 Å². The van der Waals surface area contributed by atoms with Crippen molar-refractivity contribution in [2.45, 2.75) is 18.3 Å². The number of ether oxygens (including phenoxy) is 1. The van der Waals surface area contributed by atoms with Gasteiger partial charge in [-0.15, -0.1) is 0 Å². The molecule has 1 heterocycles. The number of carbonyl (C=O) groups is 1. The standard InChI is InChI=1S/C10H12BrNO3/c1-7-4-3-5-12(9(7)13)6-8(11)10(14)15-2/h3-5,8H,6H2,1-2H3. The highest BCUT2D eigenvalue weighted by Gasteiger charge is 2.16. The molecular weight excluding hydrogens is 262 g/mol. The largest absolute Gasteiger partial charge is 0.468 e. The Hall–Kier alpha value is -1.10. The van der Waals surface area contributed by atoms with Gasteiger partial charge in [0.05, 0.1) is 7.11 Å². The van der Waals surface area contributed by atoms with Crippen LogP contribution in [0.1, 0.15) is 5.56 Å². The summed E-state index contributed by atoms with van der Waals surface area (Å²) in [6.45, 7) is 2.01. The van der Waals surface area contributed by atoms with Crippen LogP contribution in [0.2, 0.25) is 0 Å². The Morgan fingerprint density at radius 2 is 2.33 bits per heavy atom. The van der Waals surface area contributed by atoms with Gasteiger partial charge in [0.2, 0.25) is 0 Å². The number of carbonyl (C=O) groups excluding carboxylic acids is 1. The maximum absolute atomic E-state index is 11.6. The van der Waals surface area contributed by atoms with Crippen LogP contribution in [0.25, 0.3) is 0 Å². The highest BCUT2D eigenvalue weighted by molar-refractivity contribution is 9.10. The average molecular weight is 274 g/mol. The molecule has 0 fully saturated rings. The van der Waals surface area contributed by atoms with Gasteiger partial charge in [-0.3, -0.25) is 9.59 Å². The molecule has 0 aliphatic heterocycles. The van der Waals surface area contributed by atoms with E-state index in [4.69, 9.17) is 0 Å². The van der Waals surface area contributed by atoms with Crippen LogP contribution < -0.4 is 5.56 Å². The van der Waals surface area contributed by atoms with Gasteiger partial charge in [0.25, 0.3) is 5.56 Å². The number of aryl methyl sites for hydroxylation is 1. The Morgan fingerprint density at radius 3 is 2.93 bits per heavy atom. The molecule has 82 valence electrons. The van der Waals surface area contributed by atoms with Crippen molar-refractivity contribution >= 4 is 21.9 Å². The third-order valence-corrected chi connectivity index (χ3v) is 2.69. The number of pyridine rings is 1. The summed E-state index contributed by atoms with van der Waals surface area (Å²) >= 11 is 3.16. The zero-order valence-electron chi connectivity index (χ0n) is 8.57. The van der Waals surface area contributed by atoms with Gasteiger partial charge < -0.3 is 9.30 Å². The molecule has 1 aromatic rings. The molecule has 0 saturated carbocycles. The van der Waals surface area contributed by atoms with Crippen LogP contribution in [0.15, 0.2) is 23.1 Å². The summed E-state index contributed by atoms with van der Waals surface area (Å²) in [6.07, 6.45) is 1.65. The van der Waals surface area contributed by atoms with Crippen LogP contribution >= 0.6 is 15.9 Å². The van der Waals surface area contributed by atoms with Gasteiger partial charge in [-0.1, -0.05) is 22.0 Å². The van der Waals surface area contributed by atoms with Crippen molar-refractivity contribution < 1.29 is 9.53 Å². The van der Waals surface area contributed by atoms with Crippen molar-refractivity contribution in [2.24, 2.45) is 0 Å². The first-order valence-corrected chi connectivity index (χ1v) is 5.35. The third kappa shape index (κ3) is 2.92. The summed E-state index contributed by atoms with van der Waals surface area (Å²) in [6, 6.07) is 3.51. The van der Waals surface area contributed by atoms with Crippen molar-refractivity contribution in [3.8, 4) is 0 Å². The molecule has 0 aromatic carbocycles. The number of methoxy groups -OCH3 is 1. The molecule has 4 nitrogen and oxygen atoms in total. The Kier molecular flexibility index (Phi) is 4.08. The summed E-state index contributed by atoms with van der Waals surface area (Å²) in [7, 11) is 1.32. The zero-order valence-corrected chi connectivity index (χ0v) is 10.2. The lowest BCUT2D eigenvalue weighted by Crippen LogP contribution is -2.29. The molecule has 0 bridgehead atoms. The van der Waals surface area contributed by atoms with E-state index in [-0.39, 0.29) is 18.1 Å². The summed E-state index contributed by atoms with van der Waals surface area (Å²) in [5, 5.41) is 0. The maximum Gasteiger partial charge on any atom is 0.321 e. The monoisotopic (exact) mass is 273 g/mol. The SMILES string of the molecule is COC(=O)C(Br)Cn1cccc(C)c1=O. The second-order valence-corrected chi connectivity index (χ2v) is 4.24. The van der Waals surface area contributed by atoms with Crippen LogP contribution in [0.5, 0.6) is 0 Å². The van der Waals surface area contributed by atoms with E-state index in [0.717, 1.165) is 0 Å². The molecule has 0 saturated heterocycles. The van der Waals surface area contributed by atoms with Crippen LogP contribution in [0, 0.1) is 6.92 Å². The number of nitrogens with zero attached hydrogens (tertiary/aromatic N) is 1. The van der Waals surface area contributed by atoms with E-state index < -0.39 is 4.83 Å². The Bertz CT molecular complexity index is 413. The molecule has 5 heteroatoms. The molecule has 0 amide bonds. The highest BCUT2D eigenvalue weighted by atomic mass is 79.9. The molecule has 0 aliphatic carbocycles. The minimum atomic E-state index is -0.498. The zero-order chi connectivity index (χ0) is 11.4. The van der Waals surface area contributed by atoms with Crippen molar-refractivity contribution in [2.75, 3.05) is 7.11 Å². The Morgan fingerprint density at radius 1 is 1.67 bits per heavy atom. The number of hydrogen-bond donors (Lipinski definition) is 0. The summed E-state index contributed by atoms with van der Waals surface area (Å²) in [4.78, 5) is 22.2. The smallest absolute Gasteiger partial charge is 0.321 e. The third-order valence-electron chi connectivity index (χ3n) is 2.02. The van der Waals surface area contributed by atoms with E-state index >= 15 is 0 Å². The molecule has 0 N–H and O–H groups in total. The second kappa shape index (κ2) is 5.11. The van der Waals surface area contributed by atoms with Crippen LogP contribution in [0.4, 0.5) is 0 Å². The van der Waals surface area contributed by atoms with Gasteiger partial charge >= 0.3 is 5.97 Å². The van der Waals surface area contributed by atoms with Gasteiger partial charge in [0, 0.05) is 18.3 Å². The van der Waals surface area contributed by atoms with Gasteiger partial charge in [-0.05, 0) is 13.0 Å². The van der Waals surface area contributed by atoms with E-state index in [1.807, 2.05) is 0 Å². The fourth-order valence-electron chi connectivity index (χ4n) is 1.18. The van der Waals surface area contributed by atoms with Gasteiger partial charge in [-0.25, -0.2) is 0 Å². The van der Waals surface area contributed by atoms with Crippen molar-refractivity contribution in [3.05, 3.63) is 34.2 Å². The van der Waals surface area contributed by atoms with Crippen molar-refractivity contribution in [3.63, 3.8) is 0 Å². The van der Waals surface area contributed by atoms with E-state index in [9.17, 15) is 9.59 Å². The van der Waals surface area contributed by atoms with Crippen molar-refractivity contribution in [1.29, 1.82) is 0 Å². The number of aromatic nitrogens is 1. The van der Waals surface area contributed by atoms with Gasteiger partial charge in [0.15, 0.2) is 0 Å². The lowest BCUT2D eigenvalue weighted by molar-refractivity contribution is -0.140. The first-order valence-electron chi connectivity index (χ1n) is 4.44. The van der Waals surface area contributed by atoms with Crippen molar-refractivity contribution in [1.82, 2.24) is 4.57 Å². The lowest BCUT2D eigenvalue weighted by atomic mass is 10.3. The minimum absolute atomic E-state index is 0.0918. The number of rotatable bonds is 3. The predicted molar refractivity (Wildman–Crippen MR) is 60.2 cm³/mol. The quantitative estimate of drug-likeness (QED) is 0.612. The molecule has 1 aromatic heterocycles. The Balaban J connectivity index is 2.86. The maximum atomic E-state index is 11.6. The average Bonchev–Trinajstić information content (AvgIpc) is 2.23. The Labute approximate surface area is 96.0 Å². The predicted octanol–water partition coefficient (Wildman–Crippen LogP) is 1.09. The number of alkyl halides is 1. The molecule has 0 aliphatic rings. The number of hydrogen-bond acceptors (Lipinski definition) is 3. The van der Waals surface area contributed by atoms with Gasteiger partial charge in [0.1, 0.15) is 4.83 Å². The van der Waals surface area contributed by atoms with Crippen LogP contribution in [0.3, 0.4) is 0 Å². The molecule has 0 radical (unpaired) electrons. The topological polar surface area (TPSA) is 48.3 Å². The van der Waals surface area contributed by atoms with E-state index in [2.05, 4.69) is 20.7 Å².